The van der Waals surface area contributed by atoms with Gasteiger partial charge in [0.15, 0.2) is 0 Å². The third-order valence-electron chi connectivity index (χ3n) is 7.45. The molecule has 0 aliphatic carbocycles. The molecule has 41 heavy (non-hydrogen) atoms. The molecule has 1 aromatic heterocycles. The summed E-state index contributed by atoms with van der Waals surface area (Å²) in [5.74, 6) is -2.31. The number of aryl methyl sites for hydroxylation is 1. The number of carbonyl (C=O) groups is 2. The summed E-state index contributed by atoms with van der Waals surface area (Å²) in [4.78, 5) is 25.0. The summed E-state index contributed by atoms with van der Waals surface area (Å²) in [6, 6.07) is 17.9. The minimum atomic E-state index is -1.07. The lowest BCUT2D eigenvalue weighted by atomic mass is 9.74. The highest BCUT2D eigenvalue weighted by Crippen LogP contribution is 2.40. The van der Waals surface area contributed by atoms with Gasteiger partial charge in [0.25, 0.3) is 0 Å². The molecule has 0 bridgehead atoms. The van der Waals surface area contributed by atoms with Crippen LogP contribution in [0.5, 0.6) is 0 Å². The van der Waals surface area contributed by atoms with Crippen LogP contribution in [0, 0.1) is 18.6 Å². The largest absolute Gasteiger partial charge is 0.481 e. The van der Waals surface area contributed by atoms with Gasteiger partial charge in [-0.3, -0.25) is 10.1 Å². The second-order valence-corrected chi connectivity index (χ2v) is 10.7. The van der Waals surface area contributed by atoms with Crippen molar-refractivity contribution in [1.29, 1.82) is 0 Å². The summed E-state index contributed by atoms with van der Waals surface area (Å²) in [5, 5.41) is 12.6. The number of benzene rings is 3. The van der Waals surface area contributed by atoms with E-state index < -0.39 is 35.2 Å². The van der Waals surface area contributed by atoms with Crippen LogP contribution in [-0.4, -0.2) is 34.8 Å². The molecule has 4 aromatic rings. The van der Waals surface area contributed by atoms with Crippen LogP contribution in [0.3, 0.4) is 0 Å². The number of hydrogen-bond donors (Lipinski definition) is 2. The molecule has 0 unspecified atom stereocenters. The van der Waals surface area contributed by atoms with Crippen molar-refractivity contribution in [3.63, 3.8) is 0 Å². The minimum absolute atomic E-state index is 0.0287. The van der Waals surface area contributed by atoms with E-state index in [1.54, 1.807) is 38.1 Å². The molecule has 1 saturated heterocycles. The van der Waals surface area contributed by atoms with E-state index in [4.69, 9.17) is 9.47 Å². The molecule has 1 amide bonds. The van der Waals surface area contributed by atoms with E-state index in [0.717, 1.165) is 29.2 Å². The van der Waals surface area contributed by atoms with E-state index in [1.165, 1.54) is 0 Å². The molecule has 0 spiro atoms. The lowest BCUT2D eigenvalue weighted by Crippen LogP contribution is -2.41. The van der Waals surface area contributed by atoms with Crippen molar-refractivity contribution in [3.8, 4) is 21.6 Å². The molecule has 7 nitrogen and oxygen atoms in total. The van der Waals surface area contributed by atoms with E-state index in [1.807, 2.05) is 30.3 Å². The van der Waals surface area contributed by atoms with Crippen LogP contribution >= 0.6 is 11.5 Å². The van der Waals surface area contributed by atoms with Gasteiger partial charge in [0.05, 0.1) is 21.7 Å². The molecule has 2 N–H and O–H groups in total. The molecule has 1 aliphatic heterocycles. The Labute approximate surface area is 239 Å². The van der Waals surface area contributed by atoms with Gasteiger partial charge in [-0.2, -0.15) is 4.37 Å². The summed E-state index contributed by atoms with van der Waals surface area (Å²) < 4.78 is 45.9. The molecule has 2 heterocycles. The third kappa shape index (κ3) is 5.71. The second kappa shape index (κ2) is 11.8. The SMILES string of the molecule is Cc1nsc(-c2cc(F)c(-c3ccc(C4(C(=O)O)CCOCC4)cc3)cc2F)c1NC(=O)O[C@H](C)c1ccccc1. The van der Waals surface area contributed by atoms with Gasteiger partial charge < -0.3 is 14.6 Å². The lowest BCUT2D eigenvalue weighted by Gasteiger charge is -2.33. The topological polar surface area (TPSA) is 97.8 Å². The number of anilines is 1. The summed E-state index contributed by atoms with van der Waals surface area (Å²) in [6.45, 7) is 4.07. The van der Waals surface area contributed by atoms with Crippen molar-refractivity contribution >= 4 is 29.3 Å². The Hall–Kier alpha value is -4.15. The Morgan fingerprint density at radius 2 is 1.66 bits per heavy atom. The molecule has 1 atom stereocenters. The molecule has 10 heteroatoms. The van der Waals surface area contributed by atoms with E-state index in [9.17, 15) is 14.7 Å². The summed E-state index contributed by atoms with van der Waals surface area (Å²) in [7, 11) is 0. The normalized spacial score (nSPS) is 15.2. The van der Waals surface area contributed by atoms with E-state index in [2.05, 4.69) is 9.69 Å². The maximum absolute atomic E-state index is 15.5. The molecule has 0 radical (unpaired) electrons. The van der Waals surface area contributed by atoms with Crippen LogP contribution in [0.15, 0.2) is 66.7 Å². The van der Waals surface area contributed by atoms with Crippen LogP contribution in [0.4, 0.5) is 19.3 Å². The molecule has 5 rings (SSSR count). The molecule has 3 aromatic carbocycles. The number of carboxylic acids is 1. The van der Waals surface area contributed by atoms with Crippen molar-refractivity contribution in [1.82, 2.24) is 4.37 Å². The fourth-order valence-electron chi connectivity index (χ4n) is 5.04. The molecule has 1 aliphatic rings. The first kappa shape index (κ1) is 28.4. The lowest BCUT2D eigenvalue weighted by molar-refractivity contribution is -0.147. The maximum Gasteiger partial charge on any atom is 0.412 e. The zero-order chi connectivity index (χ0) is 29.1. The number of rotatable bonds is 7. The zero-order valence-corrected chi connectivity index (χ0v) is 23.3. The van der Waals surface area contributed by atoms with Gasteiger partial charge in [0.1, 0.15) is 17.7 Å². The zero-order valence-electron chi connectivity index (χ0n) is 22.4. The molecule has 1 fully saturated rings. The quantitative estimate of drug-likeness (QED) is 0.236. The van der Waals surface area contributed by atoms with Crippen molar-refractivity contribution < 1.29 is 33.0 Å². The third-order valence-corrected chi connectivity index (χ3v) is 8.42. The average molecular weight is 579 g/mol. The Bertz CT molecular complexity index is 1570. The van der Waals surface area contributed by atoms with Crippen molar-refractivity contribution in [3.05, 3.63) is 95.2 Å². The number of amides is 1. The van der Waals surface area contributed by atoms with Crippen LogP contribution in [0.1, 0.15) is 42.7 Å². The van der Waals surface area contributed by atoms with Crippen molar-refractivity contribution in [2.75, 3.05) is 18.5 Å². The van der Waals surface area contributed by atoms with Crippen LogP contribution in [0.25, 0.3) is 21.6 Å². The number of aliphatic carboxylic acids is 1. The Balaban J connectivity index is 1.39. The fraction of sp³-hybridized carbons (Fsp3) is 0.258. The Morgan fingerprint density at radius 3 is 2.32 bits per heavy atom. The van der Waals surface area contributed by atoms with E-state index >= 15 is 8.78 Å². The van der Waals surface area contributed by atoms with E-state index in [0.29, 0.717) is 42.9 Å². The predicted molar refractivity (Wildman–Crippen MR) is 152 cm³/mol. The highest BCUT2D eigenvalue weighted by molar-refractivity contribution is 7.10. The van der Waals surface area contributed by atoms with Gasteiger partial charge >= 0.3 is 12.1 Å². The van der Waals surface area contributed by atoms with Gasteiger partial charge in [-0.15, -0.1) is 0 Å². The van der Waals surface area contributed by atoms with Gasteiger partial charge in [0, 0.05) is 24.3 Å². The fourth-order valence-corrected chi connectivity index (χ4v) is 5.91. The highest BCUT2D eigenvalue weighted by atomic mass is 32.1. The molecular weight excluding hydrogens is 550 g/mol. The van der Waals surface area contributed by atoms with Gasteiger partial charge in [-0.05, 0) is 67.0 Å². The number of nitrogens with one attached hydrogen (secondary N) is 1. The van der Waals surface area contributed by atoms with Gasteiger partial charge in [-0.25, -0.2) is 13.6 Å². The van der Waals surface area contributed by atoms with Gasteiger partial charge in [-0.1, -0.05) is 54.6 Å². The maximum atomic E-state index is 15.5. The average Bonchev–Trinajstić information content (AvgIpc) is 3.33. The number of carbonyl (C=O) groups excluding carboxylic acids is 1. The number of halogens is 2. The number of ether oxygens (including phenoxy) is 2. The predicted octanol–water partition coefficient (Wildman–Crippen LogP) is 7.51. The van der Waals surface area contributed by atoms with E-state index in [-0.39, 0.29) is 21.7 Å². The Kier molecular flexibility index (Phi) is 8.14. The first-order valence-corrected chi connectivity index (χ1v) is 13.9. The van der Waals surface area contributed by atoms with Crippen LogP contribution in [-0.2, 0) is 19.7 Å². The summed E-state index contributed by atoms with van der Waals surface area (Å²) in [5.41, 5.74) is 1.40. The van der Waals surface area contributed by atoms with Crippen molar-refractivity contribution in [2.45, 2.75) is 38.2 Å². The smallest absolute Gasteiger partial charge is 0.412 e. The number of hydrogen-bond acceptors (Lipinski definition) is 6. The molecule has 0 saturated carbocycles. The first-order valence-electron chi connectivity index (χ1n) is 13.1. The minimum Gasteiger partial charge on any atom is -0.481 e. The van der Waals surface area contributed by atoms with Crippen LogP contribution in [0.2, 0.25) is 0 Å². The number of carboxylic acid groups (broad SMARTS) is 1. The Morgan fingerprint density at radius 1 is 1.02 bits per heavy atom. The van der Waals surface area contributed by atoms with Gasteiger partial charge in [0.2, 0.25) is 0 Å². The highest BCUT2D eigenvalue weighted by Gasteiger charge is 2.41. The number of nitrogens with zero attached hydrogens (tertiary/aromatic N) is 1. The van der Waals surface area contributed by atoms with Crippen LogP contribution < -0.4 is 5.32 Å². The number of aromatic nitrogens is 1. The monoisotopic (exact) mass is 578 g/mol. The van der Waals surface area contributed by atoms with Crippen molar-refractivity contribution in [2.24, 2.45) is 0 Å². The molecular formula is C31H28F2N2O5S. The summed E-state index contributed by atoms with van der Waals surface area (Å²) >= 11 is 0.938. The first-order chi connectivity index (χ1) is 19.7. The molecule has 212 valence electrons. The second-order valence-electron chi connectivity index (χ2n) is 9.94. The summed E-state index contributed by atoms with van der Waals surface area (Å²) in [6.07, 6.45) is -0.596. The standard InChI is InChI=1S/C31H28F2N2O5S/c1-18-27(34-30(38)40-19(2)20-6-4-3-5-7-20)28(41-35-18)24-17-25(32)23(16-26(24)33)21-8-10-22(11-9-21)31(29(36)37)12-14-39-15-13-31/h3-11,16-17,19H,12-15H2,1-2H3,(H,34,38)(H,36,37)/t19-/m1/s1.